The first-order valence-corrected chi connectivity index (χ1v) is 9.02. The summed E-state index contributed by atoms with van der Waals surface area (Å²) in [5.74, 6) is 1.74. The van der Waals surface area contributed by atoms with Crippen molar-refractivity contribution in [2.24, 2.45) is 0 Å². The first-order chi connectivity index (χ1) is 11.5. The molecule has 1 atom stereocenters. The minimum absolute atomic E-state index is 0.453. The third-order valence-corrected chi connectivity index (χ3v) is 4.99. The molecule has 2 aromatic rings. The van der Waals surface area contributed by atoms with Crippen LogP contribution in [0.4, 0.5) is 11.8 Å². The summed E-state index contributed by atoms with van der Waals surface area (Å²) in [5.41, 5.74) is 1.35. The highest BCUT2D eigenvalue weighted by Gasteiger charge is 2.27. The van der Waals surface area contributed by atoms with Crippen LogP contribution < -0.4 is 9.80 Å². The van der Waals surface area contributed by atoms with Gasteiger partial charge in [0.25, 0.3) is 0 Å². The van der Waals surface area contributed by atoms with Gasteiger partial charge in [-0.15, -0.1) is 0 Å². The molecule has 1 aromatic heterocycles. The number of halogens is 1. The van der Waals surface area contributed by atoms with E-state index in [0.29, 0.717) is 6.04 Å². The number of benzene rings is 1. The molecule has 0 bridgehead atoms. The van der Waals surface area contributed by atoms with Crippen LogP contribution in [0.25, 0.3) is 0 Å². The Balaban J connectivity index is 1.63. The van der Waals surface area contributed by atoms with Crippen LogP contribution in [0.5, 0.6) is 0 Å². The molecule has 1 aromatic carbocycles. The number of hydrogen-bond acceptors (Lipinski definition) is 5. The maximum absolute atomic E-state index is 4.65. The lowest BCUT2D eigenvalue weighted by Gasteiger charge is -2.25. The van der Waals surface area contributed by atoms with Crippen LogP contribution >= 0.6 is 15.9 Å². The molecule has 1 aliphatic heterocycles. The topological polar surface area (TPSA) is 35.5 Å². The average Bonchev–Trinajstić information content (AvgIpc) is 3.02. The van der Waals surface area contributed by atoms with E-state index in [4.69, 9.17) is 0 Å². The molecule has 1 saturated heterocycles. The highest BCUT2D eigenvalue weighted by molar-refractivity contribution is 9.10. The Morgan fingerprint density at radius 3 is 2.83 bits per heavy atom. The fraction of sp³-hybridized carbons (Fsp3) is 0.444. The predicted octanol–water partition coefficient (Wildman–Crippen LogP) is 3.02. The minimum atomic E-state index is 0.453. The normalized spacial score (nSPS) is 17.9. The van der Waals surface area contributed by atoms with Crippen molar-refractivity contribution in [2.45, 2.75) is 19.0 Å². The van der Waals surface area contributed by atoms with Crippen LogP contribution in [-0.2, 0) is 6.54 Å². The first-order valence-electron chi connectivity index (χ1n) is 8.23. The van der Waals surface area contributed by atoms with Gasteiger partial charge in [0.2, 0.25) is 5.95 Å². The quantitative estimate of drug-likeness (QED) is 0.785. The highest BCUT2D eigenvalue weighted by Crippen LogP contribution is 2.22. The highest BCUT2D eigenvalue weighted by atomic mass is 79.9. The lowest BCUT2D eigenvalue weighted by molar-refractivity contribution is 0.325. The molecule has 0 spiro atoms. The molecule has 0 aliphatic carbocycles. The van der Waals surface area contributed by atoms with E-state index in [9.17, 15) is 0 Å². The molecule has 1 fully saturated rings. The Kier molecular flexibility index (Phi) is 5.36. The molecule has 1 aliphatic rings. The second-order valence-electron chi connectivity index (χ2n) is 6.53. The monoisotopic (exact) mass is 389 g/mol. The van der Waals surface area contributed by atoms with Gasteiger partial charge in [-0.1, -0.05) is 28.1 Å². The number of anilines is 2. The average molecular weight is 390 g/mol. The molecule has 6 heteroatoms. The molecule has 0 amide bonds. The van der Waals surface area contributed by atoms with E-state index >= 15 is 0 Å². The SMILES string of the molecule is CN(C)c1ccnc(N(C)C2CCN(Cc3cccc(Br)c3)C2)n1. The van der Waals surface area contributed by atoms with Gasteiger partial charge in [0.1, 0.15) is 5.82 Å². The summed E-state index contributed by atoms with van der Waals surface area (Å²) in [5, 5.41) is 0. The van der Waals surface area contributed by atoms with Gasteiger partial charge in [0, 0.05) is 57.5 Å². The zero-order valence-corrected chi connectivity index (χ0v) is 16.1. The Morgan fingerprint density at radius 2 is 2.08 bits per heavy atom. The molecule has 1 unspecified atom stereocenters. The Labute approximate surface area is 152 Å². The number of likely N-dealkylation sites (tertiary alicyclic amines) is 1. The van der Waals surface area contributed by atoms with Crippen molar-refractivity contribution in [1.29, 1.82) is 0 Å². The molecule has 0 radical (unpaired) electrons. The van der Waals surface area contributed by atoms with E-state index in [1.54, 1.807) is 0 Å². The second kappa shape index (κ2) is 7.49. The molecule has 3 rings (SSSR count). The van der Waals surface area contributed by atoms with Crippen molar-refractivity contribution in [1.82, 2.24) is 14.9 Å². The molecular weight excluding hydrogens is 366 g/mol. The van der Waals surface area contributed by atoms with Crippen LogP contribution in [0.15, 0.2) is 41.0 Å². The van der Waals surface area contributed by atoms with Gasteiger partial charge in [-0.25, -0.2) is 4.98 Å². The van der Waals surface area contributed by atoms with Crippen LogP contribution in [0.1, 0.15) is 12.0 Å². The van der Waals surface area contributed by atoms with E-state index in [1.165, 1.54) is 5.56 Å². The van der Waals surface area contributed by atoms with Crippen molar-refractivity contribution >= 4 is 27.7 Å². The molecule has 2 heterocycles. The lowest BCUT2D eigenvalue weighted by atomic mass is 10.2. The standard InChI is InChI=1S/C18H24BrN5/c1-22(2)17-7-9-20-18(21-17)23(3)16-8-10-24(13-16)12-14-5-4-6-15(19)11-14/h4-7,9,11,16H,8,10,12-13H2,1-3H3. The van der Waals surface area contributed by atoms with E-state index in [1.807, 2.05) is 31.3 Å². The number of aromatic nitrogens is 2. The Morgan fingerprint density at radius 1 is 1.25 bits per heavy atom. The summed E-state index contributed by atoms with van der Waals surface area (Å²) in [6.07, 6.45) is 2.97. The lowest BCUT2D eigenvalue weighted by Crippen LogP contribution is -2.35. The number of rotatable bonds is 5. The molecule has 128 valence electrons. The fourth-order valence-corrected chi connectivity index (χ4v) is 3.53. The zero-order valence-electron chi connectivity index (χ0n) is 14.5. The molecular formula is C18H24BrN5. The largest absolute Gasteiger partial charge is 0.363 e. The molecule has 5 nitrogen and oxygen atoms in total. The number of likely N-dealkylation sites (N-methyl/N-ethyl adjacent to an activating group) is 1. The van der Waals surface area contributed by atoms with Crippen molar-refractivity contribution in [2.75, 3.05) is 44.0 Å². The maximum atomic E-state index is 4.65. The van der Waals surface area contributed by atoms with Gasteiger partial charge in [0.15, 0.2) is 0 Å². The smallest absolute Gasteiger partial charge is 0.227 e. The molecule has 0 saturated carbocycles. The summed E-state index contributed by atoms with van der Waals surface area (Å²) in [6.45, 7) is 3.13. The van der Waals surface area contributed by atoms with Gasteiger partial charge in [-0.3, -0.25) is 4.90 Å². The van der Waals surface area contributed by atoms with Gasteiger partial charge >= 0.3 is 0 Å². The summed E-state index contributed by atoms with van der Waals surface area (Å²) < 4.78 is 1.14. The zero-order chi connectivity index (χ0) is 17.1. The van der Waals surface area contributed by atoms with Crippen molar-refractivity contribution < 1.29 is 0 Å². The van der Waals surface area contributed by atoms with Crippen molar-refractivity contribution in [3.63, 3.8) is 0 Å². The summed E-state index contributed by atoms with van der Waals surface area (Å²) in [6, 6.07) is 10.9. The minimum Gasteiger partial charge on any atom is -0.363 e. The summed E-state index contributed by atoms with van der Waals surface area (Å²) >= 11 is 3.55. The van der Waals surface area contributed by atoms with Crippen LogP contribution in [0.2, 0.25) is 0 Å². The van der Waals surface area contributed by atoms with E-state index in [-0.39, 0.29) is 0 Å². The van der Waals surface area contributed by atoms with Crippen LogP contribution in [0.3, 0.4) is 0 Å². The predicted molar refractivity (Wildman–Crippen MR) is 103 cm³/mol. The van der Waals surface area contributed by atoms with Gasteiger partial charge in [0.05, 0.1) is 0 Å². The summed E-state index contributed by atoms with van der Waals surface area (Å²) in [7, 11) is 6.10. The third kappa shape index (κ3) is 4.05. The van der Waals surface area contributed by atoms with Crippen LogP contribution in [0, 0.1) is 0 Å². The van der Waals surface area contributed by atoms with Crippen LogP contribution in [-0.4, -0.2) is 55.1 Å². The number of hydrogen-bond donors (Lipinski definition) is 0. The molecule has 24 heavy (non-hydrogen) atoms. The maximum Gasteiger partial charge on any atom is 0.227 e. The van der Waals surface area contributed by atoms with E-state index < -0.39 is 0 Å². The first kappa shape index (κ1) is 17.2. The van der Waals surface area contributed by atoms with Gasteiger partial charge < -0.3 is 9.80 Å². The fourth-order valence-electron chi connectivity index (χ4n) is 3.09. The second-order valence-corrected chi connectivity index (χ2v) is 7.44. The van der Waals surface area contributed by atoms with Gasteiger partial charge in [-0.2, -0.15) is 4.98 Å². The molecule has 0 N–H and O–H groups in total. The Bertz CT molecular complexity index is 691. The van der Waals surface area contributed by atoms with Crippen molar-refractivity contribution in [3.8, 4) is 0 Å². The third-order valence-electron chi connectivity index (χ3n) is 4.49. The van der Waals surface area contributed by atoms with Gasteiger partial charge in [-0.05, 0) is 30.2 Å². The van der Waals surface area contributed by atoms with E-state index in [0.717, 1.165) is 42.3 Å². The number of nitrogens with zero attached hydrogens (tertiary/aromatic N) is 5. The summed E-state index contributed by atoms with van der Waals surface area (Å²) in [4.78, 5) is 15.8. The van der Waals surface area contributed by atoms with Crippen molar-refractivity contribution in [3.05, 3.63) is 46.6 Å². The Hall–Kier alpha value is -1.66. The van der Waals surface area contributed by atoms with E-state index in [2.05, 4.69) is 67.0 Å².